The molecule has 0 spiro atoms. The van der Waals surface area contributed by atoms with E-state index in [1.807, 2.05) is 36.4 Å². The molecule has 0 aliphatic carbocycles. The number of para-hydroxylation sites is 3. The normalized spacial score (nSPS) is 11.5. The zero-order valence-electron chi connectivity index (χ0n) is 34.1. The van der Waals surface area contributed by atoms with E-state index in [2.05, 4.69) is 188 Å². The Morgan fingerprint density at radius 2 is 0.841 bits per heavy atom. The van der Waals surface area contributed by atoms with Crippen LogP contribution in [0.3, 0.4) is 0 Å². The number of hydrogen-bond donors (Lipinski definition) is 0. The van der Waals surface area contributed by atoms with Crippen LogP contribution in [0.4, 0.5) is 0 Å². The monoisotopic (exact) mass is 803 g/mol. The molecule has 12 aromatic rings. The van der Waals surface area contributed by atoms with E-state index >= 15 is 0 Å². The van der Waals surface area contributed by atoms with E-state index in [9.17, 15) is 0 Å². The summed E-state index contributed by atoms with van der Waals surface area (Å²) < 4.78 is 6.37. The molecule has 63 heavy (non-hydrogen) atoms. The highest BCUT2D eigenvalue weighted by molar-refractivity contribution is 6.17. The molecule has 0 aliphatic heterocycles. The second-order valence-electron chi connectivity index (χ2n) is 15.9. The van der Waals surface area contributed by atoms with Crippen LogP contribution in [-0.4, -0.2) is 15.0 Å². The van der Waals surface area contributed by atoms with Crippen molar-refractivity contribution in [1.29, 1.82) is 0 Å². The molecular formula is C59H37N3O. The van der Waals surface area contributed by atoms with Crippen LogP contribution < -0.4 is 0 Å². The smallest absolute Gasteiger partial charge is 0.160 e. The zero-order valence-corrected chi connectivity index (χ0v) is 34.1. The molecule has 12 rings (SSSR count). The van der Waals surface area contributed by atoms with Crippen molar-refractivity contribution >= 4 is 43.6 Å². The van der Waals surface area contributed by atoms with Gasteiger partial charge >= 0.3 is 0 Å². The Morgan fingerprint density at radius 3 is 1.62 bits per heavy atom. The highest BCUT2D eigenvalue weighted by Gasteiger charge is 2.17. The van der Waals surface area contributed by atoms with Crippen LogP contribution in [0.1, 0.15) is 0 Å². The van der Waals surface area contributed by atoms with Gasteiger partial charge in [-0.3, -0.25) is 0 Å². The van der Waals surface area contributed by atoms with Crippen molar-refractivity contribution in [2.24, 2.45) is 0 Å². The number of pyridine rings is 1. The van der Waals surface area contributed by atoms with Gasteiger partial charge in [0.1, 0.15) is 11.2 Å². The molecule has 9 aromatic carbocycles. The van der Waals surface area contributed by atoms with Crippen molar-refractivity contribution in [2.45, 2.75) is 0 Å². The van der Waals surface area contributed by atoms with E-state index in [1.54, 1.807) is 0 Å². The van der Waals surface area contributed by atoms with Crippen LogP contribution in [0.2, 0.25) is 0 Å². The summed E-state index contributed by atoms with van der Waals surface area (Å²) in [5, 5.41) is 5.75. The van der Waals surface area contributed by atoms with Crippen molar-refractivity contribution in [2.75, 3.05) is 0 Å². The van der Waals surface area contributed by atoms with Gasteiger partial charge < -0.3 is 4.42 Å². The zero-order chi connectivity index (χ0) is 41.7. The Bertz CT molecular complexity index is 3650. The van der Waals surface area contributed by atoms with Crippen molar-refractivity contribution in [3.05, 3.63) is 224 Å². The number of benzene rings is 9. The van der Waals surface area contributed by atoms with E-state index in [4.69, 9.17) is 19.4 Å². The maximum atomic E-state index is 6.37. The molecule has 0 aliphatic rings. The Hall–Kier alpha value is -8.47. The number of furan rings is 1. The van der Waals surface area contributed by atoms with Gasteiger partial charge in [0.15, 0.2) is 5.82 Å². The molecule has 3 heterocycles. The van der Waals surface area contributed by atoms with Crippen molar-refractivity contribution in [3.8, 4) is 78.5 Å². The summed E-state index contributed by atoms with van der Waals surface area (Å²) in [5.74, 6) is 0.683. The number of fused-ring (bicyclic) bond motifs is 6. The van der Waals surface area contributed by atoms with Gasteiger partial charge in [-0.1, -0.05) is 200 Å². The van der Waals surface area contributed by atoms with Crippen molar-refractivity contribution < 1.29 is 4.42 Å². The lowest BCUT2D eigenvalue weighted by atomic mass is 9.92. The van der Waals surface area contributed by atoms with Gasteiger partial charge in [-0.15, -0.1) is 0 Å². The fourth-order valence-electron chi connectivity index (χ4n) is 9.01. The molecule has 0 N–H and O–H groups in total. The molecule has 0 bridgehead atoms. The lowest BCUT2D eigenvalue weighted by Crippen LogP contribution is -1.96. The van der Waals surface area contributed by atoms with Gasteiger partial charge in [-0.2, -0.15) is 0 Å². The van der Waals surface area contributed by atoms with Crippen molar-refractivity contribution in [1.82, 2.24) is 15.0 Å². The maximum absolute atomic E-state index is 6.37. The van der Waals surface area contributed by atoms with Crippen LogP contribution in [0, 0.1) is 0 Å². The summed E-state index contributed by atoms with van der Waals surface area (Å²) >= 11 is 0. The number of rotatable bonds is 7. The lowest BCUT2D eigenvalue weighted by Gasteiger charge is -2.14. The van der Waals surface area contributed by atoms with E-state index in [0.29, 0.717) is 5.82 Å². The summed E-state index contributed by atoms with van der Waals surface area (Å²) in [6.07, 6.45) is 0. The minimum Gasteiger partial charge on any atom is -0.455 e. The molecular weight excluding hydrogens is 767 g/mol. The van der Waals surface area contributed by atoms with E-state index in [1.165, 1.54) is 10.9 Å². The quantitative estimate of drug-likeness (QED) is 0.151. The maximum Gasteiger partial charge on any atom is 0.160 e. The van der Waals surface area contributed by atoms with Gasteiger partial charge in [0.25, 0.3) is 0 Å². The average Bonchev–Trinajstić information content (AvgIpc) is 3.76. The summed E-state index contributed by atoms with van der Waals surface area (Å²) in [5.41, 5.74) is 16.3. The third kappa shape index (κ3) is 6.53. The number of aromatic nitrogens is 3. The minimum atomic E-state index is 0.683. The van der Waals surface area contributed by atoms with E-state index in [-0.39, 0.29) is 0 Å². The molecule has 0 atom stereocenters. The first kappa shape index (κ1) is 36.4. The fourth-order valence-corrected chi connectivity index (χ4v) is 9.01. The van der Waals surface area contributed by atoms with Crippen LogP contribution in [0.15, 0.2) is 229 Å². The number of nitrogens with zero attached hydrogens (tertiary/aromatic N) is 3. The molecule has 0 radical (unpaired) electrons. The average molecular weight is 804 g/mol. The highest BCUT2D eigenvalue weighted by atomic mass is 16.3. The third-order valence-electron chi connectivity index (χ3n) is 12.1. The van der Waals surface area contributed by atoms with Crippen LogP contribution in [0.5, 0.6) is 0 Å². The Balaban J connectivity index is 0.907. The third-order valence-corrected chi connectivity index (χ3v) is 12.1. The SMILES string of the molecule is c1ccc(-c2nc(-c3ccc(-c4cccc5c4oc4ccccc45)cc3)cc(-c3cccc(-c4ccc(-c5cccc6c(-c7ccccc7)nc7ccccc7c56)cc4)c3)n2)cc1. The summed E-state index contributed by atoms with van der Waals surface area (Å²) in [6.45, 7) is 0. The predicted octanol–water partition coefficient (Wildman–Crippen LogP) is 15.7. The first-order valence-electron chi connectivity index (χ1n) is 21.3. The molecule has 0 saturated carbocycles. The molecule has 0 amide bonds. The van der Waals surface area contributed by atoms with Crippen LogP contribution >= 0.6 is 0 Å². The first-order chi connectivity index (χ1) is 31.2. The summed E-state index contributed by atoms with van der Waals surface area (Å²) in [4.78, 5) is 15.4. The van der Waals surface area contributed by atoms with Gasteiger partial charge in [0.2, 0.25) is 0 Å². The van der Waals surface area contributed by atoms with Crippen molar-refractivity contribution in [3.63, 3.8) is 0 Å². The first-order valence-corrected chi connectivity index (χ1v) is 21.3. The standard InChI is InChI=1S/C59H37N3O/c1-3-14-42(15-4-1)57-51-25-12-22-46(56(51)50-21-7-9-26-52(50)60-57)39-30-28-38(29-31-39)44-18-11-19-45(36-44)54-37-53(61-59(62-54)43-16-5-2-6-17-43)41-34-32-40(33-35-41)47-23-13-24-49-48-20-8-10-27-55(48)63-58(47)49/h1-37H. The van der Waals surface area contributed by atoms with Gasteiger partial charge in [0.05, 0.1) is 22.6 Å². The lowest BCUT2D eigenvalue weighted by molar-refractivity contribution is 0.670. The van der Waals surface area contributed by atoms with Gasteiger partial charge in [-0.05, 0) is 52.1 Å². The highest BCUT2D eigenvalue weighted by Crippen LogP contribution is 2.40. The summed E-state index contributed by atoms with van der Waals surface area (Å²) in [7, 11) is 0. The molecule has 4 heteroatoms. The van der Waals surface area contributed by atoms with E-state index in [0.717, 1.165) is 105 Å². The molecule has 4 nitrogen and oxygen atoms in total. The molecule has 3 aromatic heterocycles. The molecule has 294 valence electrons. The molecule has 0 saturated heterocycles. The second-order valence-corrected chi connectivity index (χ2v) is 15.9. The second kappa shape index (κ2) is 15.2. The van der Waals surface area contributed by atoms with Crippen LogP contribution in [0.25, 0.3) is 122 Å². The predicted molar refractivity (Wildman–Crippen MR) is 260 cm³/mol. The molecule has 0 unspecified atom stereocenters. The van der Waals surface area contributed by atoms with E-state index < -0.39 is 0 Å². The van der Waals surface area contributed by atoms with Gasteiger partial charge in [-0.25, -0.2) is 15.0 Å². The summed E-state index contributed by atoms with van der Waals surface area (Å²) in [6, 6.07) is 78.6. The Kier molecular flexibility index (Phi) is 8.79. The van der Waals surface area contributed by atoms with Gasteiger partial charge in [0, 0.05) is 54.7 Å². The van der Waals surface area contributed by atoms with Crippen LogP contribution in [-0.2, 0) is 0 Å². The largest absolute Gasteiger partial charge is 0.455 e. The molecule has 0 fully saturated rings. The Labute approximate surface area is 364 Å². The number of hydrogen-bond acceptors (Lipinski definition) is 4. The Morgan fingerprint density at radius 1 is 0.302 bits per heavy atom. The fraction of sp³-hybridized carbons (Fsp3) is 0. The minimum absolute atomic E-state index is 0.683. The topological polar surface area (TPSA) is 51.8 Å².